The number of rotatable bonds is 3. The lowest BCUT2D eigenvalue weighted by molar-refractivity contribution is 0.101. The highest BCUT2D eigenvalue weighted by Gasteiger charge is 2.18. The molecule has 1 aliphatic heterocycles. The Morgan fingerprint density at radius 3 is 2.71 bits per heavy atom. The maximum Gasteiger partial charge on any atom is 0.274 e. The van der Waals surface area contributed by atoms with Crippen LogP contribution in [0.5, 0.6) is 11.5 Å². The molecule has 0 saturated heterocycles. The summed E-state index contributed by atoms with van der Waals surface area (Å²) in [6.45, 7) is 2.06. The van der Waals surface area contributed by atoms with Crippen LogP contribution in [0.2, 0.25) is 0 Å². The van der Waals surface area contributed by atoms with Gasteiger partial charge in [0.15, 0.2) is 11.5 Å². The van der Waals surface area contributed by atoms with Crippen LogP contribution >= 0.6 is 0 Å². The quantitative estimate of drug-likeness (QED) is 0.805. The lowest BCUT2D eigenvalue weighted by Crippen LogP contribution is -2.16. The molecule has 1 aliphatic rings. The van der Waals surface area contributed by atoms with E-state index in [0.29, 0.717) is 22.9 Å². The molecule has 1 aromatic heterocycles. The lowest BCUT2D eigenvalue weighted by atomic mass is 10.2. The van der Waals surface area contributed by atoms with Crippen molar-refractivity contribution < 1.29 is 14.3 Å². The van der Waals surface area contributed by atoms with Crippen molar-refractivity contribution in [1.29, 1.82) is 0 Å². The first-order chi connectivity index (χ1) is 11.7. The van der Waals surface area contributed by atoms with Gasteiger partial charge in [-0.25, -0.2) is 4.68 Å². The van der Waals surface area contributed by atoms with Gasteiger partial charge in [0.05, 0.1) is 11.4 Å². The molecule has 3 aromatic rings. The van der Waals surface area contributed by atoms with E-state index in [0.717, 1.165) is 11.4 Å². The third-order valence-electron chi connectivity index (χ3n) is 3.70. The average Bonchev–Trinajstić information content (AvgIpc) is 3.21. The summed E-state index contributed by atoms with van der Waals surface area (Å²) in [5, 5.41) is 7.29. The van der Waals surface area contributed by atoms with E-state index in [1.54, 1.807) is 28.9 Å². The number of carbonyl (C=O) groups excluding carboxylic acids is 1. The van der Waals surface area contributed by atoms with Crippen LogP contribution in [0.1, 0.15) is 16.2 Å². The number of anilines is 1. The largest absolute Gasteiger partial charge is 0.454 e. The molecule has 0 atom stereocenters. The van der Waals surface area contributed by atoms with E-state index in [2.05, 4.69) is 10.4 Å². The molecule has 0 bridgehead atoms. The second kappa shape index (κ2) is 5.73. The maximum absolute atomic E-state index is 12.7. The molecule has 6 nitrogen and oxygen atoms in total. The predicted octanol–water partition coefficient (Wildman–Crippen LogP) is 3.16. The van der Waals surface area contributed by atoms with Gasteiger partial charge >= 0.3 is 0 Å². The molecular weight excluding hydrogens is 306 g/mol. The first-order valence-corrected chi connectivity index (χ1v) is 7.54. The van der Waals surface area contributed by atoms with Crippen LogP contribution in [0.4, 0.5) is 5.69 Å². The van der Waals surface area contributed by atoms with Gasteiger partial charge in [0, 0.05) is 11.8 Å². The second-order valence-corrected chi connectivity index (χ2v) is 5.44. The van der Waals surface area contributed by atoms with Gasteiger partial charge in [0.2, 0.25) is 6.79 Å². The summed E-state index contributed by atoms with van der Waals surface area (Å²) in [6.07, 6.45) is 0. The van der Waals surface area contributed by atoms with E-state index >= 15 is 0 Å². The summed E-state index contributed by atoms with van der Waals surface area (Å²) < 4.78 is 12.2. The van der Waals surface area contributed by atoms with Crippen LogP contribution in [-0.4, -0.2) is 22.5 Å². The van der Waals surface area contributed by atoms with Crippen molar-refractivity contribution in [2.75, 3.05) is 12.1 Å². The Kier molecular flexibility index (Phi) is 3.42. The average molecular weight is 321 g/mol. The molecule has 0 aliphatic carbocycles. The Labute approximate surface area is 138 Å². The molecule has 0 radical (unpaired) electrons. The highest BCUT2D eigenvalue weighted by atomic mass is 16.7. The topological polar surface area (TPSA) is 65.4 Å². The molecule has 24 heavy (non-hydrogen) atoms. The van der Waals surface area contributed by atoms with Gasteiger partial charge in [-0.15, -0.1) is 0 Å². The number of para-hydroxylation sites is 1. The van der Waals surface area contributed by atoms with Crippen molar-refractivity contribution in [3.63, 3.8) is 0 Å². The number of amides is 1. The van der Waals surface area contributed by atoms with E-state index in [9.17, 15) is 4.79 Å². The molecule has 6 heteroatoms. The zero-order valence-corrected chi connectivity index (χ0v) is 13.0. The highest BCUT2D eigenvalue weighted by Crippen LogP contribution is 2.34. The third kappa shape index (κ3) is 2.58. The second-order valence-electron chi connectivity index (χ2n) is 5.44. The van der Waals surface area contributed by atoms with Crippen LogP contribution in [0.3, 0.4) is 0 Å². The fourth-order valence-electron chi connectivity index (χ4n) is 2.60. The first kappa shape index (κ1) is 14.3. The van der Waals surface area contributed by atoms with Crippen LogP contribution in [0.25, 0.3) is 5.69 Å². The number of carbonyl (C=O) groups is 1. The number of ether oxygens (including phenoxy) is 2. The van der Waals surface area contributed by atoms with E-state index in [4.69, 9.17) is 9.47 Å². The van der Waals surface area contributed by atoms with E-state index in [-0.39, 0.29) is 12.7 Å². The standard InChI is InChI=1S/C18H15N3O3/c1-12-9-15(21(20-12)14-5-3-2-4-6-14)18(22)19-13-7-8-16-17(10-13)24-11-23-16/h2-10H,11H2,1H3,(H,19,22). The Hall–Kier alpha value is -3.28. The summed E-state index contributed by atoms with van der Waals surface area (Å²) in [5.74, 6) is 1.07. The third-order valence-corrected chi connectivity index (χ3v) is 3.70. The maximum atomic E-state index is 12.7. The summed E-state index contributed by atoms with van der Waals surface area (Å²) in [6, 6.07) is 16.6. The molecular formula is C18H15N3O3. The smallest absolute Gasteiger partial charge is 0.274 e. The van der Waals surface area contributed by atoms with E-state index < -0.39 is 0 Å². The van der Waals surface area contributed by atoms with Crippen LogP contribution in [0, 0.1) is 6.92 Å². The number of aromatic nitrogens is 2. The molecule has 2 heterocycles. The van der Waals surface area contributed by atoms with Crippen LogP contribution < -0.4 is 14.8 Å². The zero-order valence-electron chi connectivity index (χ0n) is 13.0. The summed E-state index contributed by atoms with van der Waals surface area (Å²) in [4.78, 5) is 12.7. The summed E-state index contributed by atoms with van der Waals surface area (Å²) >= 11 is 0. The minimum absolute atomic E-state index is 0.201. The number of hydrogen-bond donors (Lipinski definition) is 1. The Morgan fingerprint density at radius 2 is 1.88 bits per heavy atom. The van der Waals surface area contributed by atoms with Gasteiger partial charge < -0.3 is 14.8 Å². The molecule has 1 amide bonds. The molecule has 1 N–H and O–H groups in total. The SMILES string of the molecule is Cc1cc(C(=O)Nc2ccc3c(c2)OCO3)n(-c2ccccc2)n1. The van der Waals surface area contributed by atoms with E-state index in [1.165, 1.54) is 0 Å². The number of nitrogens with zero attached hydrogens (tertiary/aromatic N) is 2. The van der Waals surface area contributed by atoms with Gasteiger partial charge in [0.1, 0.15) is 5.69 Å². The van der Waals surface area contributed by atoms with Gasteiger partial charge in [-0.05, 0) is 37.3 Å². The Morgan fingerprint density at radius 1 is 1.08 bits per heavy atom. The summed E-state index contributed by atoms with van der Waals surface area (Å²) in [5.41, 5.74) is 2.72. The molecule has 120 valence electrons. The number of aryl methyl sites for hydroxylation is 1. The molecule has 4 rings (SSSR count). The summed E-state index contributed by atoms with van der Waals surface area (Å²) in [7, 11) is 0. The van der Waals surface area contributed by atoms with Crippen LogP contribution in [-0.2, 0) is 0 Å². The van der Waals surface area contributed by atoms with Crippen LogP contribution in [0.15, 0.2) is 54.6 Å². The van der Waals surface area contributed by atoms with Crippen molar-refractivity contribution in [1.82, 2.24) is 9.78 Å². The van der Waals surface area contributed by atoms with Gasteiger partial charge in [-0.2, -0.15) is 5.10 Å². The Bertz CT molecular complexity index is 903. The normalized spacial score (nSPS) is 12.2. The minimum atomic E-state index is -0.238. The van der Waals surface area contributed by atoms with Gasteiger partial charge in [-0.3, -0.25) is 4.79 Å². The highest BCUT2D eigenvalue weighted by molar-refractivity contribution is 6.03. The monoisotopic (exact) mass is 321 g/mol. The Balaban J connectivity index is 1.63. The van der Waals surface area contributed by atoms with Gasteiger partial charge in [-0.1, -0.05) is 18.2 Å². The number of fused-ring (bicyclic) bond motifs is 1. The lowest BCUT2D eigenvalue weighted by Gasteiger charge is -2.09. The van der Waals surface area contributed by atoms with Crippen molar-refractivity contribution in [2.45, 2.75) is 6.92 Å². The van der Waals surface area contributed by atoms with Crippen molar-refractivity contribution in [2.24, 2.45) is 0 Å². The van der Waals surface area contributed by atoms with E-state index in [1.807, 2.05) is 37.3 Å². The van der Waals surface area contributed by atoms with Crippen molar-refractivity contribution in [3.8, 4) is 17.2 Å². The fraction of sp³-hybridized carbons (Fsp3) is 0.111. The molecule has 0 fully saturated rings. The molecule has 2 aromatic carbocycles. The molecule has 0 saturated carbocycles. The predicted molar refractivity (Wildman–Crippen MR) is 88.8 cm³/mol. The minimum Gasteiger partial charge on any atom is -0.454 e. The first-order valence-electron chi connectivity index (χ1n) is 7.54. The fourth-order valence-corrected chi connectivity index (χ4v) is 2.60. The number of benzene rings is 2. The zero-order chi connectivity index (χ0) is 16.5. The number of nitrogens with one attached hydrogen (secondary N) is 1. The van der Waals surface area contributed by atoms with Crippen molar-refractivity contribution >= 4 is 11.6 Å². The van der Waals surface area contributed by atoms with Crippen molar-refractivity contribution in [3.05, 3.63) is 66.0 Å². The number of hydrogen-bond acceptors (Lipinski definition) is 4. The van der Waals surface area contributed by atoms with Gasteiger partial charge in [0.25, 0.3) is 5.91 Å². The molecule has 0 spiro atoms. The molecule has 0 unspecified atom stereocenters.